The average molecular weight is 280 g/mol. The molecule has 0 rings (SSSR count). The summed E-state index contributed by atoms with van der Waals surface area (Å²) >= 11 is 0. The first-order chi connectivity index (χ1) is 8.38. The normalized spacial score (nSPS) is 11.9. The fraction of sp³-hybridized carbons (Fsp3) is 0.909. The van der Waals surface area contributed by atoms with Gasteiger partial charge >= 0.3 is 5.97 Å². The number of nitrogens with one attached hydrogen (secondary N) is 1. The highest BCUT2D eigenvalue weighted by molar-refractivity contribution is 7.88. The van der Waals surface area contributed by atoms with Crippen molar-refractivity contribution in [2.75, 3.05) is 32.4 Å². The Morgan fingerprint density at radius 3 is 2.33 bits per heavy atom. The molecule has 18 heavy (non-hydrogen) atoms. The van der Waals surface area contributed by atoms with Crippen LogP contribution in [0, 0.1) is 0 Å². The van der Waals surface area contributed by atoms with Gasteiger partial charge in [0, 0.05) is 19.5 Å². The van der Waals surface area contributed by atoms with E-state index in [1.807, 2.05) is 6.92 Å². The number of carboxylic acid groups (broad SMARTS) is 1. The maximum Gasteiger partial charge on any atom is 0.303 e. The summed E-state index contributed by atoms with van der Waals surface area (Å²) in [6, 6.07) is 0. The third-order valence-electron chi connectivity index (χ3n) is 2.58. The number of unbranched alkanes of at least 4 members (excludes halogenated alkanes) is 1. The monoisotopic (exact) mass is 280 g/mol. The zero-order valence-corrected chi connectivity index (χ0v) is 12.0. The molecule has 0 bridgehead atoms. The van der Waals surface area contributed by atoms with Crippen molar-refractivity contribution in [1.82, 2.24) is 9.62 Å². The Bertz CT molecular complexity index is 330. The summed E-state index contributed by atoms with van der Waals surface area (Å²) < 4.78 is 24.0. The first-order valence-electron chi connectivity index (χ1n) is 6.25. The summed E-state index contributed by atoms with van der Waals surface area (Å²) in [5.41, 5.74) is 0. The molecule has 7 heteroatoms. The topological polar surface area (TPSA) is 86.7 Å². The molecular formula is C11H24N2O4S. The van der Waals surface area contributed by atoms with E-state index in [4.69, 9.17) is 5.11 Å². The van der Waals surface area contributed by atoms with E-state index in [-0.39, 0.29) is 6.42 Å². The van der Waals surface area contributed by atoms with E-state index in [1.165, 1.54) is 10.6 Å². The van der Waals surface area contributed by atoms with Gasteiger partial charge in [0.15, 0.2) is 0 Å². The first kappa shape index (κ1) is 17.3. The molecule has 0 amide bonds. The molecule has 0 unspecified atom stereocenters. The molecule has 0 radical (unpaired) electrons. The first-order valence-corrected chi connectivity index (χ1v) is 8.10. The molecule has 0 spiro atoms. The highest BCUT2D eigenvalue weighted by Gasteiger charge is 2.12. The summed E-state index contributed by atoms with van der Waals surface area (Å²) in [7, 11) is -3.09. The standard InChI is InChI=1S/C11H24N2O4S/c1-3-13(18(2,16)17)10-6-9-12-8-5-4-7-11(14)15/h12H,3-10H2,1-2H3,(H,14,15). The molecule has 0 aliphatic rings. The molecule has 0 saturated heterocycles. The van der Waals surface area contributed by atoms with Gasteiger partial charge in [-0.25, -0.2) is 12.7 Å². The van der Waals surface area contributed by atoms with Crippen LogP contribution >= 0.6 is 0 Å². The lowest BCUT2D eigenvalue weighted by atomic mass is 10.2. The number of carbonyl (C=O) groups is 1. The van der Waals surface area contributed by atoms with Crippen LogP contribution in [0.25, 0.3) is 0 Å². The summed E-state index contributed by atoms with van der Waals surface area (Å²) in [5.74, 6) is -0.762. The fourth-order valence-corrected chi connectivity index (χ4v) is 2.52. The van der Waals surface area contributed by atoms with Crippen molar-refractivity contribution in [1.29, 1.82) is 0 Å². The minimum atomic E-state index is -3.09. The predicted molar refractivity (Wildman–Crippen MR) is 71.1 cm³/mol. The molecule has 0 aromatic heterocycles. The Balaban J connectivity index is 3.48. The number of carboxylic acids is 1. The highest BCUT2D eigenvalue weighted by Crippen LogP contribution is 1.98. The number of hydrogen-bond donors (Lipinski definition) is 2. The molecule has 0 aromatic carbocycles. The molecule has 108 valence electrons. The van der Waals surface area contributed by atoms with Gasteiger partial charge in [-0.05, 0) is 32.4 Å². The van der Waals surface area contributed by atoms with E-state index in [0.717, 1.165) is 25.9 Å². The Kier molecular flexibility index (Phi) is 8.95. The second-order valence-electron chi connectivity index (χ2n) is 4.21. The summed E-state index contributed by atoms with van der Waals surface area (Å²) in [6.45, 7) is 4.37. The van der Waals surface area contributed by atoms with Crippen LogP contribution in [0.1, 0.15) is 32.6 Å². The van der Waals surface area contributed by atoms with E-state index in [9.17, 15) is 13.2 Å². The Morgan fingerprint density at radius 1 is 1.22 bits per heavy atom. The van der Waals surface area contributed by atoms with E-state index in [2.05, 4.69) is 5.32 Å². The Morgan fingerprint density at radius 2 is 1.83 bits per heavy atom. The van der Waals surface area contributed by atoms with Crippen molar-refractivity contribution >= 4 is 16.0 Å². The highest BCUT2D eigenvalue weighted by atomic mass is 32.2. The van der Waals surface area contributed by atoms with Crippen LogP contribution in [-0.4, -0.2) is 56.2 Å². The van der Waals surface area contributed by atoms with Gasteiger partial charge in [0.25, 0.3) is 0 Å². The smallest absolute Gasteiger partial charge is 0.303 e. The molecular weight excluding hydrogens is 256 g/mol. The second kappa shape index (κ2) is 9.29. The minimum absolute atomic E-state index is 0.208. The zero-order chi connectivity index (χ0) is 14.0. The van der Waals surface area contributed by atoms with Crippen LogP contribution < -0.4 is 5.32 Å². The van der Waals surface area contributed by atoms with Crippen molar-refractivity contribution in [3.63, 3.8) is 0 Å². The van der Waals surface area contributed by atoms with Gasteiger partial charge in [-0.2, -0.15) is 0 Å². The molecule has 0 saturated carbocycles. The van der Waals surface area contributed by atoms with Crippen molar-refractivity contribution in [3.05, 3.63) is 0 Å². The van der Waals surface area contributed by atoms with E-state index in [1.54, 1.807) is 0 Å². The summed E-state index contributed by atoms with van der Waals surface area (Å²) in [5, 5.41) is 11.6. The van der Waals surface area contributed by atoms with Gasteiger partial charge in [0.1, 0.15) is 0 Å². The lowest BCUT2D eigenvalue weighted by Crippen LogP contribution is -2.32. The van der Waals surface area contributed by atoms with E-state index < -0.39 is 16.0 Å². The van der Waals surface area contributed by atoms with Crippen LogP contribution in [0.4, 0.5) is 0 Å². The molecule has 0 aliphatic heterocycles. The summed E-state index contributed by atoms with van der Waals surface area (Å²) in [6.07, 6.45) is 3.69. The lowest BCUT2D eigenvalue weighted by Gasteiger charge is -2.17. The molecule has 0 fully saturated rings. The number of hydrogen-bond acceptors (Lipinski definition) is 4. The maximum absolute atomic E-state index is 11.3. The second-order valence-corrected chi connectivity index (χ2v) is 6.19. The van der Waals surface area contributed by atoms with Crippen LogP contribution in [0.2, 0.25) is 0 Å². The maximum atomic E-state index is 11.3. The lowest BCUT2D eigenvalue weighted by molar-refractivity contribution is -0.137. The van der Waals surface area contributed by atoms with Gasteiger partial charge in [0.2, 0.25) is 10.0 Å². The number of aliphatic carboxylic acids is 1. The molecule has 0 heterocycles. The minimum Gasteiger partial charge on any atom is -0.481 e. The van der Waals surface area contributed by atoms with Gasteiger partial charge < -0.3 is 10.4 Å². The molecule has 2 N–H and O–H groups in total. The van der Waals surface area contributed by atoms with Gasteiger partial charge in [-0.15, -0.1) is 0 Å². The third kappa shape index (κ3) is 9.38. The third-order valence-corrected chi connectivity index (χ3v) is 3.96. The van der Waals surface area contributed by atoms with E-state index in [0.29, 0.717) is 19.5 Å². The van der Waals surface area contributed by atoms with Crippen molar-refractivity contribution in [2.45, 2.75) is 32.6 Å². The van der Waals surface area contributed by atoms with Crippen LogP contribution in [0.5, 0.6) is 0 Å². The van der Waals surface area contributed by atoms with Gasteiger partial charge in [-0.1, -0.05) is 6.92 Å². The number of nitrogens with zero attached hydrogens (tertiary/aromatic N) is 1. The number of sulfonamides is 1. The van der Waals surface area contributed by atoms with E-state index >= 15 is 0 Å². The molecule has 0 aliphatic carbocycles. The average Bonchev–Trinajstić information content (AvgIpc) is 2.24. The van der Waals surface area contributed by atoms with Crippen molar-refractivity contribution in [2.24, 2.45) is 0 Å². The zero-order valence-electron chi connectivity index (χ0n) is 11.2. The van der Waals surface area contributed by atoms with Crippen LogP contribution in [-0.2, 0) is 14.8 Å². The van der Waals surface area contributed by atoms with Gasteiger partial charge in [-0.3, -0.25) is 4.79 Å². The Hall–Kier alpha value is -0.660. The molecule has 0 aromatic rings. The largest absolute Gasteiger partial charge is 0.481 e. The number of rotatable bonds is 11. The fourth-order valence-electron chi connectivity index (χ4n) is 1.59. The summed E-state index contributed by atoms with van der Waals surface area (Å²) in [4.78, 5) is 10.3. The molecule has 0 atom stereocenters. The van der Waals surface area contributed by atoms with Gasteiger partial charge in [0.05, 0.1) is 6.26 Å². The van der Waals surface area contributed by atoms with Crippen LogP contribution in [0.3, 0.4) is 0 Å². The SMILES string of the molecule is CCN(CCCNCCCCC(=O)O)S(C)(=O)=O. The Labute approximate surface area is 109 Å². The van der Waals surface area contributed by atoms with Crippen LogP contribution in [0.15, 0.2) is 0 Å². The predicted octanol–water partition coefficient (Wildman–Crippen LogP) is 0.503. The molecule has 6 nitrogen and oxygen atoms in total. The van der Waals surface area contributed by atoms with Crippen molar-refractivity contribution in [3.8, 4) is 0 Å². The quantitative estimate of drug-likeness (QED) is 0.538. The van der Waals surface area contributed by atoms with Crippen molar-refractivity contribution < 1.29 is 18.3 Å².